The van der Waals surface area contributed by atoms with E-state index in [9.17, 15) is 0 Å². The predicted octanol–water partition coefficient (Wildman–Crippen LogP) is 4.17. The Morgan fingerprint density at radius 3 is 1.62 bits per heavy atom. The zero-order chi connectivity index (χ0) is 7.85. The van der Waals surface area contributed by atoms with E-state index in [2.05, 4.69) is 39.1 Å². The molecule has 4 heteroatoms. The summed E-state index contributed by atoms with van der Waals surface area (Å²) in [6, 6.07) is 0. The van der Waals surface area contributed by atoms with Gasteiger partial charge < -0.3 is 0 Å². The van der Waals surface area contributed by atoms with Crippen LogP contribution < -0.4 is 0 Å². The Hall–Kier alpha value is -0.0157. The standard InChI is InChI=1S/C5H5.4CH3.3FH.Ti/c1-2-4-5-3-1;;;;;;;;/h1-3H,4H2;4*1H3;3*1H;. The van der Waals surface area contributed by atoms with Crippen LogP contribution in [-0.2, 0) is 15.3 Å². The van der Waals surface area contributed by atoms with E-state index in [1.807, 2.05) is 0 Å². The quantitative estimate of drug-likeness (QED) is 0.596. The summed E-state index contributed by atoms with van der Waals surface area (Å²) in [6.45, 7) is 0. The summed E-state index contributed by atoms with van der Waals surface area (Å²) in [6.07, 6.45) is 7.99. The summed E-state index contributed by atoms with van der Waals surface area (Å²) >= 11 is -2.02. The van der Waals surface area contributed by atoms with Crippen LogP contribution >= 0.6 is 0 Å². The van der Waals surface area contributed by atoms with Gasteiger partial charge in [0.2, 0.25) is 0 Å². The van der Waals surface area contributed by atoms with Gasteiger partial charge in [-0.25, -0.2) is 0 Å². The molecule has 0 bridgehead atoms. The molecule has 13 heavy (non-hydrogen) atoms. The maximum absolute atomic E-state index is 2.47. The molecule has 81 valence electrons. The van der Waals surface area contributed by atoms with Crippen molar-refractivity contribution in [3.63, 3.8) is 0 Å². The minimum absolute atomic E-state index is 0. The van der Waals surface area contributed by atoms with Gasteiger partial charge in [0.05, 0.1) is 0 Å². The van der Waals surface area contributed by atoms with E-state index in [-0.39, 0.29) is 14.1 Å². The van der Waals surface area contributed by atoms with Crippen LogP contribution in [-0.4, -0.2) is 0 Å². The zero-order valence-corrected chi connectivity index (χ0v) is 10.2. The van der Waals surface area contributed by atoms with Crippen molar-refractivity contribution in [2.75, 3.05) is 0 Å². The summed E-state index contributed by atoms with van der Waals surface area (Å²) in [7, 11) is 0. The third-order valence-corrected chi connectivity index (χ3v) is 6.65. The maximum atomic E-state index is 2.47. The van der Waals surface area contributed by atoms with Crippen LogP contribution in [0.3, 0.4) is 0 Å². The van der Waals surface area contributed by atoms with E-state index in [1.54, 1.807) is 3.88 Å². The monoisotopic (exact) mass is 233 g/mol. The number of rotatable bonds is 1. The van der Waals surface area contributed by atoms with Crippen LogP contribution in [0, 0.1) is 0 Å². The fourth-order valence-corrected chi connectivity index (χ4v) is 3.84. The number of hydrogen-bond acceptors (Lipinski definition) is 0. The van der Waals surface area contributed by atoms with Crippen molar-refractivity contribution in [2.24, 2.45) is 0 Å². The molecule has 0 radical (unpaired) electrons. The summed E-state index contributed by atoms with van der Waals surface area (Å²) < 4.78 is 1.72. The predicted molar refractivity (Wildman–Crippen MR) is 52.8 cm³/mol. The average molecular weight is 233 g/mol. The van der Waals surface area contributed by atoms with Gasteiger partial charge in [-0.15, -0.1) is 0 Å². The Bertz CT molecular complexity index is 201. The Labute approximate surface area is 79.1 Å². The fourth-order valence-electron chi connectivity index (χ4n) is 1.19. The first kappa shape index (κ1) is 18.7. The average Bonchev–Trinajstić information content (AvgIpc) is 2.04. The van der Waals surface area contributed by atoms with E-state index in [4.69, 9.17) is 0 Å². The molecule has 0 aromatic rings. The first-order valence-corrected chi connectivity index (χ1v) is 11.0. The third-order valence-electron chi connectivity index (χ3n) is 2.06. The van der Waals surface area contributed by atoms with E-state index in [1.165, 1.54) is 6.42 Å². The number of hydrogen-bond donors (Lipinski definition) is 0. The molecule has 1 rings (SSSR count). The Morgan fingerprint density at radius 2 is 1.46 bits per heavy atom. The summed E-state index contributed by atoms with van der Waals surface area (Å²) in [5, 5.41) is 9.87. The van der Waals surface area contributed by atoms with Gasteiger partial charge in [0, 0.05) is 0 Å². The van der Waals surface area contributed by atoms with Crippen molar-refractivity contribution in [1.82, 2.24) is 0 Å². The van der Waals surface area contributed by atoms with Crippen LogP contribution in [0.5, 0.6) is 0 Å². The van der Waals surface area contributed by atoms with Crippen LogP contribution in [0.25, 0.3) is 0 Å². The molecule has 0 aromatic heterocycles. The first-order valence-electron chi connectivity index (χ1n) is 3.97. The normalized spacial score (nSPS) is 16.9. The molecule has 0 amide bonds. The van der Waals surface area contributed by atoms with Crippen molar-refractivity contribution in [3.05, 3.63) is 22.1 Å². The Balaban J connectivity index is -0.000000333. The molecule has 0 unspecified atom stereocenters. The van der Waals surface area contributed by atoms with Crippen LogP contribution in [0.15, 0.2) is 22.1 Å². The van der Waals surface area contributed by atoms with Crippen LogP contribution in [0.2, 0.25) is 20.9 Å². The third kappa shape index (κ3) is 5.32. The van der Waals surface area contributed by atoms with Gasteiger partial charge >= 0.3 is 64.7 Å². The number of halogens is 3. The van der Waals surface area contributed by atoms with E-state index in [0.29, 0.717) is 0 Å². The second kappa shape index (κ2) is 5.01. The molecule has 0 fully saturated rings. The fraction of sp³-hybridized carbons (Fsp3) is 0.556. The second-order valence-electron chi connectivity index (χ2n) is 5.32. The molecule has 0 N–H and O–H groups in total. The van der Waals surface area contributed by atoms with Gasteiger partial charge in [-0.05, 0) is 0 Å². The van der Waals surface area contributed by atoms with Gasteiger partial charge in [0.15, 0.2) is 0 Å². The molecule has 0 saturated heterocycles. The SMILES string of the molecule is F.F.F.[CH3][Ti]([CH3])([CH3])([CH3])[C]1=CC=CC1. The van der Waals surface area contributed by atoms with E-state index >= 15 is 0 Å². The van der Waals surface area contributed by atoms with Crippen LogP contribution in [0.4, 0.5) is 14.1 Å². The molecular formula is C9H20F3Ti. The van der Waals surface area contributed by atoms with Crippen molar-refractivity contribution >= 4 is 0 Å². The summed E-state index contributed by atoms with van der Waals surface area (Å²) in [4.78, 5) is 0. The molecule has 0 saturated carbocycles. The molecule has 0 heterocycles. The molecule has 1 aliphatic rings. The molecule has 1 aliphatic carbocycles. The van der Waals surface area contributed by atoms with Crippen molar-refractivity contribution in [1.29, 1.82) is 0 Å². The van der Waals surface area contributed by atoms with Crippen molar-refractivity contribution in [3.8, 4) is 0 Å². The molecule has 0 spiro atoms. The Kier molecular flexibility index (Phi) is 7.21. The van der Waals surface area contributed by atoms with Crippen molar-refractivity contribution in [2.45, 2.75) is 27.3 Å². The summed E-state index contributed by atoms with van der Waals surface area (Å²) in [5.41, 5.74) is 0. The van der Waals surface area contributed by atoms with Crippen molar-refractivity contribution < 1.29 is 29.4 Å². The number of allylic oxidation sites excluding steroid dienone is 4. The molecule has 0 aliphatic heterocycles. The molecule has 0 atom stereocenters. The second-order valence-corrected chi connectivity index (χ2v) is 18.8. The Morgan fingerprint density at radius 1 is 1.00 bits per heavy atom. The van der Waals surface area contributed by atoms with Gasteiger partial charge in [-0.3, -0.25) is 14.1 Å². The topological polar surface area (TPSA) is 0 Å². The summed E-state index contributed by atoms with van der Waals surface area (Å²) in [5.74, 6) is 0. The molecule has 0 aromatic carbocycles. The van der Waals surface area contributed by atoms with Gasteiger partial charge in [0.1, 0.15) is 0 Å². The van der Waals surface area contributed by atoms with Gasteiger partial charge in [0.25, 0.3) is 0 Å². The molecule has 0 nitrogen and oxygen atoms in total. The van der Waals surface area contributed by atoms with Crippen LogP contribution in [0.1, 0.15) is 6.42 Å². The van der Waals surface area contributed by atoms with Gasteiger partial charge in [-0.1, -0.05) is 0 Å². The van der Waals surface area contributed by atoms with E-state index in [0.717, 1.165) is 0 Å². The van der Waals surface area contributed by atoms with Gasteiger partial charge in [-0.2, -0.15) is 0 Å². The minimum atomic E-state index is -2.02. The molecular weight excluding hydrogens is 213 g/mol. The van der Waals surface area contributed by atoms with E-state index < -0.39 is 15.3 Å². The zero-order valence-electron chi connectivity index (χ0n) is 8.66. The first-order chi connectivity index (χ1) is 4.36.